The molecule has 3 rings (SSSR count). The normalized spacial score (nSPS) is 13.0. The molecule has 1 aliphatic heterocycles. The van der Waals surface area contributed by atoms with Crippen molar-refractivity contribution in [3.8, 4) is 0 Å². The number of nitrogens with zero attached hydrogens (tertiary/aromatic N) is 1. The maximum absolute atomic E-state index is 12.1. The van der Waals surface area contributed by atoms with E-state index in [1.807, 2.05) is 0 Å². The molecule has 0 spiro atoms. The maximum Gasteiger partial charge on any atom is 0.363 e. The van der Waals surface area contributed by atoms with Gasteiger partial charge in [0, 0.05) is 5.56 Å². The highest BCUT2D eigenvalue weighted by Gasteiger charge is 2.38. The minimum absolute atomic E-state index is 0.00199. The van der Waals surface area contributed by atoms with Crippen LogP contribution >= 0.6 is 0 Å². The Kier molecular flexibility index (Phi) is 3.38. The van der Waals surface area contributed by atoms with Crippen molar-refractivity contribution in [3.05, 3.63) is 70.8 Å². The highest BCUT2D eigenvalue weighted by atomic mass is 16.7. The van der Waals surface area contributed by atoms with Crippen molar-refractivity contribution in [1.29, 1.82) is 0 Å². The molecule has 0 saturated heterocycles. The largest absolute Gasteiger partial charge is 0.366 e. The summed E-state index contributed by atoms with van der Waals surface area (Å²) in [6, 6.07) is 11.6. The first-order valence-electron chi connectivity index (χ1n) is 6.59. The molecule has 0 aromatic heterocycles. The molecule has 0 atom stereocenters. The molecular formula is C16H10N2O5. The van der Waals surface area contributed by atoms with E-state index in [4.69, 9.17) is 10.6 Å². The van der Waals surface area contributed by atoms with E-state index in [1.165, 1.54) is 36.4 Å². The zero-order chi connectivity index (χ0) is 16.6. The third-order valence-corrected chi connectivity index (χ3v) is 3.31. The van der Waals surface area contributed by atoms with Crippen LogP contribution in [-0.4, -0.2) is 28.8 Å². The molecule has 23 heavy (non-hydrogen) atoms. The van der Waals surface area contributed by atoms with Gasteiger partial charge < -0.3 is 10.6 Å². The van der Waals surface area contributed by atoms with E-state index in [9.17, 15) is 19.2 Å². The topological polar surface area (TPSA) is 107 Å². The summed E-state index contributed by atoms with van der Waals surface area (Å²) in [6.45, 7) is 0. The fourth-order valence-corrected chi connectivity index (χ4v) is 2.19. The van der Waals surface area contributed by atoms with E-state index < -0.39 is 23.7 Å². The van der Waals surface area contributed by atoms with Gasteiger partial charge >= 0.3 is 5.97 Å². The molecule has 0 saturated carbocycles. The minimum Gasteiger partial charge on any atom is -0.366 e. The number of nitrogens with two attached hydrogens (primary N) is 1. The lowest BCUT2D eigenvalue weighted by Crippen LogP contribution is -2.32. The number of fused-ring (bicyclic) bond motifs is 1. The van der Waals surface area contributed by atoms with Gasteiger partial charge in [-0.3, -0.25) is 14.4 Å². The van der Waals surface area contributed by atoms with Gasteiger partial charge in [-0.1, -0.05) is 23.3 Å². The predicted octanol–water partition coefficient (Wildman–Crippen LogP) is 1.15. The van der Waals surface area contributed by atoms with Gasteiger partial charge in [0.25, 0.3) is 11.8 Å². The number of carbonyl (C=O) groups is 4. The van der Waals surface area contributed by atoms with E-state index in [-0.39, 0.29) is 22.3 Å². The molecule has 0 radical (unpaired) electrons. The van der Waals surface area contributed by atoms with Crippen LogP contribution in [0.1, 0.15) is 41.4 Å². The predicted molar refractivity (Wildman–Crippen MR) is 77.3 cm³/mol. The van der Waals surface area contributed by atoms with Crippen LogP contribution in [-0.2, 0) is 4.84 Å². The van der Waals surface area contributed by atoms with Gasteiger partial charge in [0.2, 0.25) is 5.91 Å². The minimum atomic E-state index is -0.942. The number of benzene rings is 2. The Labute approximate surface area is 130 Å². The van der Waals surface area contributed by atoms with Crippen molar-refractivity contribution < 1.29 is 24.0 Å². The number of rotatable bonds is 3. The van der Waals surface area contributed by atoms with Crippen molar-refractivity contribution in [2.24, 2.45) is 5.73 Å². The highest BCUT2D eigenvalue weighted by Crippen LogP contribution is 2.23. The van der Waals surface area contributed by atoms with Crippen molar-refractivity contribution in [3.63, 3.8) is 0 Å². The van der Waals surface area contributed by atoms with Crippen molar-refractivity contribution in [1.82, 2.24) is 5.06 Å². The molecule has 0 unspecified atom stereocenters. The first-order chi connectivity index (χ1) is 11.0. The van der Waals surface area contributed by atoms with E-state index >= 15 is 0 Å². The Morgan fingerprint density at radius 2 is 1.43 bits per heavy atom. The Bertz CT molecular complexity index is 824. The standard InChI is InChI=1S/C16H10N2O5/c17-13(19)9-4-3-5-10(8-9)16(22)23-18-14(20)11-6-1-2-7-12(11)15(18)21/h1-8H,(H2,17,19). The Morgan fingerprint density at radius 3 is 2.00 bits per heavy atom. The fourth-order valence-electron chi connectivity index (χ4n) is 2.19. The van der Waals surface area contributed by atoms with Crippen LogP contribution in [0.3, 0.4) is 0 Å². The van der Waals surface area contributed by atoms with Crippen LogP contribution in [0.4, 0.5) is 0 Å². The van der Waals surface area contributed by atoms with Crippen molar-refractivity contribution in [2.45, 2.75) is 0 Å². The number of amides is 3. The monoisotopic (exact) mass is 310 g/mol. The molecule has 2 N–H and O–H groups in total. The zero-order valence-electron chi connectivity index (χ0n) is 11.7. The van der Waals surface area contributed by atoms with Crippen LogP contribution in [0.15, 0.2) is 48.5 Å². The first kappa shape index (κ1) is 14.5. The molecule has 1 aliphatic rings. The molecule has 0 aliphatic carbocycles. The summed E-state index contributed by atoms with van der Waals surface area (Å²) >= 11 is 0. The van der Waals surface area contributed by atoms with Gasteiger partial charge in [0.15, 0.2) is 0 Å². The van der Waals surface area contributed by atoms with Gasteiger partial charge in [-0.2, -0.15) is 0 Å². The molecule has 7 nitrogen and oxygen atoms in total. The van der Waals surface area contributed by atoms with Crippen molar-refractivity contribution in [2.75, 3.05) is 0 Å². The highest BCUT2D eigenvalue weighted by molar-refractivity contribution is 6.21. The Hall–Kier alpha value is -3.48. The number of imide groups is 1. The summed E-state index contributed by atoms with van der Waals surface area (Å²) < 4.78 is 0. The summed E-state index contributed by atoms with van der Waals surface area (Å²) in [4.78, 5) is 52.3. The second-order valence-electron chi connectivity index (χ2n) is 4.77. The second kappa shape index (κ2) is 5.38. The van der Waals surface area contributed by atoms with Crippen LogP contribution in [0.2, 0.25) is 0 Å². The molecule has 0 fully saturated rings. The smallest absolute Gasteiger partial charge is 0.363 e. The van der Waals surface area contributed by atoms with Gasteiger partial charge in [-0.25, -0.2) is 4.79 Å². The summed E-state index contributed by atoms with van der Waals surface area (Å²) in [5.74, 6) is -3.09. The fraction of sp³-hybridized carbons (Fsp3) is 0. The van der Waals surface area contributed by atoms with Gasteiger partial charge in [-0.05, 0) is 30.3 Å². The van der Waals surface area contributed by atoms with Crippen LogP contribution in [0.25, 0.3) is 0 Å². The van der Waals surface area contributed by atoms with Crippen molar-refractivity contribution >= 4 is 23.7 Å². The second-order valence-corrected chi connectivity index (χ2v) is 4.77. The van der Waals surface area contributed by atoms with E-state index in [1.54, 1.807) is 12.1 Å². The number of carbonyl (C=O) groups excluding carboxylic acids is 4. The number of primary amides is 1. The van der Waals surface area contributed by atoms with Gasteiger partial charge in [-0.15, -0.1) is 0 Å². The van der Waals surface area contributed by atoms with E-state index in [2.05, 4.69) is 0 Å². The molecule has 1 heterocycles. The summed E-state index contributed by atoms with van der Waals surface area (Å²) in [5, 5.41) is 0.407. The van der Waals surface area contributed by atoms with Gasteiger partial charge in [0.1, 0.15) is 0 Å². The maximum atomic E-state index is 12.1. The lowest BCUT2D eigenvalue weighted by Gasteiger charge is -2.12. The summed E-state index contributed by atoms with van der Waals surface area (Å²) in [7, 11) is 0. The van der Waals surface area contributed by atoms with Crippen LogP contribution in [0, 0.1) is 0 Å². The average Bonchev–Trinajstić information content (AvgIpc) is 2.80. The molecule has 114 valence electrons. The quantitative estimate of drug-likeness (QED) is 0.856. The Balaban J connectivity index is 1.85. The Morgan fingerprint density at radius 1 is 0.870 bits per heavy atom. The zero-order valence-corrected chi connectivity index (χ0v) is 11.7. The molecule has 7 heteroatoms. The molecular weight excluding hydrogens is 300 g/mol. The number of hydrogen-bond donors (Lipinski definition) is 1. The summed E-state index contributed by atoms with van der Waals surface area (Å²) in [6.07, 6.45) is 0. The third kappa shape index (κ3) is 2.44. The first-order valence-corrected chi connectivity index (χ1v) is 6.59. The third-order valence-electron chi connectivity index (χ3n) is 3.31. The van der Waals surface area contributed by atoms with Gasteiger partial charge in [0.05, 0.1) is 16.7 Å². The van der Waals surface area contributed by atoms with E-state index in [0.717, 1.165) is 0 Å². The number of hydroxylamine groups is 2. The molecule has 2 aromatic rings. The summed E-state index contributed by atoms with van der Waals surface area (Å²) in [5.41, 5.74) is 5.58. The number of hydrogen-bond acceptors (Lipinski definition) is 5. The molecule has 2 aromatic carbocycles. The lowest BCUT2D eigenvalue weighted by atomic mass is 10.1. The van der Waals surface area contributed by atoms with Crippen LogP contribution < -0.4 is 5.73 Å². The average molecular weight is 310 g/mol. The molecule has 0 bridgehead atoms. The van der Waals surface area contributed by atoms with Crippen LogP contribution in [0.5, 0.6) is 0 Å². The SMILES string of the molecule is NC(=O)c1cccc(C(=O)ON2C(=O)c3ccccc3C2=O)c1. The lowest BCUT2D eigenvalue weighted by molar-refractivity contribution is -0.0584. The van der Waals surface area contributed by atoms with E-state index in [0.29, 0.717) is 5.06 Å². The molecule has 3 amide bonds.